The van der Waals surface area contributed by atoms with E-state index in [0.717, 1.165) is 12.0 Å². The van der Waals surface area contributed by atoms with Gasteiger partial charge < -0.3 is 24.9 Å². The van der Waals surface area contributed by atoms with Crippen LogP contribution < -0.4 is 5.32 Å². The third-order valence-corrected chi connectivity index (χ3v) is 7.97. The zero-order valence-electron chi connectivity index (χ0n) is 13.6. The van der Waals surface area contributed by atoms with E-state index in [2.05, 4.69) is 15.3 Å². The number of nitrogens with one attached hydrogen (secondary N) is 1. The number of piperidine rings is 1. The normalized spacial score (nSPS) is 19.1. The summed E-state index contributed by atoms with van der Waals surface area (Å²) in [5.74, 6) is 0.0900. The van der Waals surface area contributed by atoms with E-state index in [9.17, 15) is 13.9 Å². The molecule has 0 radical (unpaired) electrons. The van der Waals surface area contributed by atoms with E-state index < -0.39 is 27.0 Å². The van der Waals surface area contributed by atoms with Crippen LogP contribution in [0.3, 0.4) is 0 Å². The van der Waals surface area contributed by atoms with Crippen molar-refractivity contribution in [3.05, 3.63) is 23.3 Å². The molecule has 1 aromatic heterocycles. The second-order valence-corrected chi connectivity index (χ2v) is 10.1. The summed E-state index contributed by atoms with van der Waals surface area (Å²) in [5, 5.41) is 0.658. The standard InChI is InChI=1S/C13H21N3O7P2/c1-8-7-15-10(2-3-12(24(18,19)20)25(21,22)23)16-13(8)9-4-5-14-11(17)6-9/h7,9,12H,2-6H2,1H3,(H,14,17)(H2,18,19,20)(H2,21,22,23). The molecule has 0 bridgehead atoms. The minimum absolute atomic E-state index is 0.0705. The van der Waals surface area contributed by atoms with Gasteiger partial charge in [-0.25, -0.2) is 9.97 Å². The molecule has 1 aliphatic heterocycles. The fourth-order valence-corrected chi connectivity index (χ4v) is 5.33. The number of nitrogens with zero attached hydrogens (tertiary/aromatic N) is 2. The van der Waals surface area contributed by atoms with Gasteiger partial charge in [0.05, 0.1) is 5.69 Å². The van der Waals surface area contributed by atoms with Crippen molar-refractivity contribution in [3.63, 3.8) is 0 Å². The highest BCUT2D eigenvalue weighted by Gasteiger charge is 2.42. The molecule has 2 rings (SSSR count). The molecular formula is C13H21N3O7P2. The summed E-state index contributed by atoms with van der Waals surface area (Å²) in [6.45, 7) is 2.35. The summed E-state index contributed by atoms with van der Waals surface area (Å²) in [6.07, 6.45) is 2.03. The van der Waals surface area contributed by atoms with Crippen LogP contribution >= 0.6 is 15.2 Å². The van der Waals surface area contributed by atoms with Gasteiger partial charge in [-0.3, -0.25) is 13.9 Å². The molecular weight excluding hydrogens is 372 g/mol. The Hall–Kier alpha value is -1.15. The Kier molecular flexibility index (Phi) is 6.14. The van der Waals surface area contributed by atoms with E-state index in [1.807, 2.05) is 0 Å². The highest BCUT2D eigenvalue weighted by atomic mass is 31.2. The van der Waals surface area contributed by atoms with Crippen LogP contribution in [0.4, 0.5) is 0 Å². The number of amides is 1. The molecule has 5 N–H and O–H groups in total. The first-order chi connectivity index (χ1) is 11.5. The summed E-state index contributed by atoms with van der Waals surface area (Å²) in [4.78, 5) is 56.6. The molecule has 1 saturated heterocycles. The van der Waals surface area contributed by atoms with E-state index in [0.29, 0.717) is 18.7 Å². The van der Waals surface area contributed by atoms with Crippen molar-refractivity contribution in [2.24, 2.45) is 0 Å². The first kappa shape index (κ1) is 20.2. The Balaban J connectivity index is 2.18. The fraction of sp³-hybridized carbons (Fsp3) is 0.615. The van der Waals surface area contributed by atoms with Crippen molar-refractivity contribution in [1.82, 2.24) is 15.3 Å². The summed E-state index contributed by atoms with van der Waals surface area (Å²) >= 11 is 0. The monoisotopic (exact) mass is 393 g/mol. The van der Waals surface area contributed by atoms with Crippen LogP contribution in [0.15, 0.2) is 6.20 Å². The molecule has 140 valence electrons. The molecule has 0 saturated carbocycles. The summed E-state index contributed by atoms with van der Waals surface area (Å²) in [6, 6.07) is 0. The quantitative estimate of drug-likeness (QED) is 0.429. The minimum atomic E-state index is -4.96. The first-order valence-electron chi connectivity index (χ1n) is 7.68. The van der Waals surface area contributed by atoms with Gasteiger partial charge in [0.1, 0.15) is 5.82 Å². The van der Waals surface area contributed by atoms with Gasteiger partial charge in [0.15, 0.2) is 5.40 Å². The van der Waals surface area contributed by atoms with Gasteiger partial charge in [-0.2, -0.15) is 0 Å². The summed E-state index contributed by atoms with van der Waals surface area (Å²) in [7, 11) is -9.92. The van der Waals surface area contributed by atoms with E-state index in [4.69, 9.17) is 19.6 Å². The average molecular weight is 393 g/mol. The highest BCUT2D eigenvalue weighted by Crippen LogP contribution is 2.61. The van der Waals surface area contributed by atoms with Crippen LogP contribution in [0.1, 0.15) is 42.3 Å². The maximum Gasteiger partial charge on any atom is 0.340 e. The number of rotatable bonds is 6. The fourth-order valence-electron chi connectivity index (χ4n) is 2.84. The number of carbonyl (C=O) groups is 1. The molecule has 1 amide bonds. The molecule has 2 heterocycles. The number of aromatic nitrogens is 2. The van der Waals surface area contributed by atoms with Crippen LogP contribution in [0.2, 0.25) is 0 Å². The smallest absolute Gasteiger partial charge is 0.340 e. The van der Waals surface area contributed by atoms with Gasteiger partial charge in [-0.15, -0.1) is 0 Å². The molecule has 1 unspecified atom stereocenters. The molecule has 0 spiro atoms. The molecule has 1 atom stereocenters. The molecule has 10 nitrogen and oxygen atoms in total. The third kappa shape index (κ3) is 5.41. The van der Waals surface area contributed by atoms with Crippen LogP contribution in [-0.4, -0.2) is 47.4 Å². The Bertz CT molecular complexity index is 723. The van der Waals surface area contributed by atoms with Crippen molar-refractivity contribution in [2.75, 3.05) is 6.54 Å². The van der Waals surface area contributed by atoms with Gasteiger partial charge in [-0.1, -0.05) is 0 Å². The Morgan fingerprint density at radius 2 is 1.92 bits per heavy atom. The van der Waals surface area contributed by atoms with E-state index in [1.54, 1.807) is 13.1 Å². The van der Waals surface area contributed by atoms with Crippen molar-refractivity contribution >= 4 is 21.1 Å². The molecule has 25 heavy (non-hydrogen) atoms. The van der Waals surface area contributed by atoms with E-state index >= 15 is 0 Å². The second-order valence-electron chi connectivity index (χ2n) is 6.09. The number of carbonyl (C=O) groups excluding carboxylic acids is 1. The van der Waals surface area contributed by atoms with E-state index in [1.165, 1.54) is 0 Å². The maximum atomic E-state index is 11.6. The lowest BCUT2D eigenvalue weighted by atomic mass is 9.91. The third-order valence-electron chi connectivity index (χ3n) is 4.10. The Labute approximate surface area is 144 Å². The number of aryl methyl sites for hydroxylation is 2. The first-order valence-corrected chi connectivity index (χ1v) is 11.0. The van der Waals surface area contributed by atoms with Gasteiger partial charge in [0, 0.05) is 31.5 Å². The lowest BCUT2D eigenvalue weighted by molar-refractivity contribution is -0.122. The average Bonchev–Trinajstić information content (AvgIpc) is 2.46. The van der Waals surface area contributed by atoms with Crippen molar-refractivity contribution in [1.29, 1.82) is 0 Å². The van der Waals surface area contributed by atoms with Gasteiger partial charge >= 0.3 is 15.2 Å². The predicted molar refractivity (Wildman–Crippen MR) is 88.0 cm³/mol. The summed E-state index contributed by atoms with van der Waals surface area (Å²) < 4.78 is 22.6. The van der Waals surface area contributed by atoms with Gasteiger partial charge in [0.25, 0.3) is 0 Å². The van der Waals surface area contributed by atoms with Crippen LogP contribution in [0.5, 0.6) is 0 Å². The SMILES string of the molecule is Cc1cnc(CCC(P(=O)(O)O)P(=O)(O)O)nc1C1CCNC(=O)C1. The predicted octanol–water partition coefficient (Wildman–Crippen LogP) is 0.393. The van der Waals surface area contributed by atoms with Crippen molar-refractivity contribution in [3.8, 4) is 0 Å². The largest absolute Gasteiger partial charge is 0.356 e. The molecule has 12 heteroatoms. The second kappa shape index (κ2) is 7.61. The van der Waals surface area contributed by atoms with Crippen LogP contribution in [-0.2, 0) is 20.3 Å². The Morgan fingerprint density at radius 3 is 2.48 bits per heavy atom. The molecule has 0 aromatic carbocycles. The zero-order valence-corrected chi connectivity index (χ0v) is 15.4. The Morgan fingerprint density at radius 1 is 1.28 bits per heavy atom. The lowest BCUT2D eigenvalue weighted by Crippen LogP contribution is -2.33. The molecule has 1 aliphatic rings. The topological polar surface area (TPSA) is 170 Å². The van der Waals surface area contributed by atoms with E-state index in [-0.39, 0.29) is 24.1 Å². The highest BCUT2D eigenvalue weighted by molar-refractivity contribution is 7.70. The molecule has 0 aliphatic carbocycles. The van der Waals surface area contributed by atoms with Crippen molar-refractivity contribution in [2.45, 2.75) is 43.9 Å². The van der Waals surface area contributed by atoms with Crippen LogP contribution in [0.25, 0.3) is 0 Å². The summed E-state index contributed by atoms with van der Waals surface area (Å²) in [5.41, 5.74) is 1.48. The molecule has 1 fully saturated rings. The van der Waals surface area contributed by atoms with Crippen molar-refractivity contribution < 1.29 is 33.5 Å². The van der Waals surface area contributed by atoms with Gasteiger partial charge in [-0.05, 0) is 25.3 Å². The van der Waals surface area contributed by atoms with Gasteiger partial charge in [0.2, 0.25) is 5.91 Å². The molecule has 1 aromatic rings. The number of hydrogen-bond donors (Lipinski definition) is 5. The maximum absolute atomic E-state index is 11.6. The van der Waals surface area contributed by atoms with Crippen LogP contribution in [0, 0.1) is 6.92 Å². The zero-order chi connectivity index (χ0) is 18.8. The number of hydrogen-bond acceptors (Lipinski definition) is 5. The lowest BCUT2D eigenvalue weighted by Gasteiger charge is -2.23. The minimum Gasteiger partial charge on any atom is -0.356 e.